The van der Waals surface area contributed by atoms with Gasteiger partial charge in [-0.15, -0.1) is 11.3 Å². The van der Waals surface area contributed by atoms with Crippen molar-refractivity contribution in [3.63, 3.8) is 0 Å². The van der Waals surface area contributed by atoms with Crippen molar-refractivity contribution >= 4 is 33.1 Å². The van der Waals surface area contributed by atoms with Crippen LogP contribution in [-0.2, 0) is 17.6 Å². The van der Waals surface area contributed by atoms with Crippen LogP contribution in [0.2, 0.25) is 0 Å². The van der Waals surface area contributed by atoms with Gasteiger partial charge < -0.3 is 10.1 Å². The molecule has 128 valence electrons. The van der Waals surface area contributed by atoms with E-state index in [1.165, 1.54) is 23.8 Å². The number of carbonyl (C=O) groups excluding carboxylic acids is 1. The van der Waals surface area contributed by atoms with E-state index in [1.54, 1.807) is 17.7 Å². The second kappa shape index (κ2) is 6.44. The highest BCUT2D eigenvalue weighted by Gasteiger charge is 2.23. The minimum atomic E-state index is -0.0923. The van der Waals surface area contributed by atoms with Gasteiger partial charge in [-0.3, -0.25) is 4.79 Å². The molecule has 0 unspecified atom stereocenters. The Hall–Kier alpha value is -2.47. The summed E-state index contributed by atoms with van der Waals surface area (Å²) in [6.45, 7) is 3.79. The van der Waals surface area contributed by atoms with E-state index in [0.717, 1.165) is 34.7 Å². The summed E-state index contributed by atoms with van der Waals surface area (Å²) in [7, 11) is 0. The molecule has 25 heavy (non-hydrogen) atoms. The van der Waals surface area contributed by atoms with E-state index in [2.05, 4.69) is 22.2 Å². The number of nitrogens with zero attached hydrogens (tertiary/aromatic N) is 2. The molecule has 1 atom stereocenters. The van der Waals surface area contributed by atoms with Crippen LogP contribution in [0.3, 0.4) is 0 Å². The zero-order chi connectivity index (χ0) is 17.4. The standard InChI is InChI=1S/C19H19N3O2S/c1-11-3-8-15-16(9-11)25-19-17(15)18(20-10-21-19)24-14-6-4-13(5-7-14)22-12(2)23/h4-7,10-11H,3,8-9H2,1-2H3,(H,22,23)/t11-/m1/s1. The number of thiophene rings is 1. The Morgan fingerprint density at radius 3 is 2.84 bits per heavy atom. The van der Waals surface area contributed by atoms with E-state index < -0.39 is 0 Å². The summed E-state index contributed by atoms with van der Waals surface area (Å²) in [6, 6.07) is 7.31. The Labute approximate surface area is 150 Å². The Kier molecular flexibility index (Phi) is 4.13. The molecule has 1 aromatic carbocycles. The molecule has 1 amide bonds. The maximum atomic E-state index is 11.1. The lowest BCUT2D eigenvalue weighted by Gasteiger charge is -2.18. The number of hydrogen-bond donors (Lipinski definition) is 1. The van der Waals surface area contributed by atoms with Gasteiger partial charge >= 0.3 is 0 Å². The van der Waals surface area contributed by atoms with Gasteiger partial charge in [-0.25, -0.2) is 9.97 Å². The van der Waals surface area contributed by atoms with Gasteiger partial charge in [-0.1, -0.05) is 6.92 Å². The van der Waals surface area contributed by atoms with E-state index in [9.17, 15) is 4.79 Å². The molecule has 0 saturated heterocycles. The lowest BCUT2D eigenvalue weighted by molar-refractivity contribution is -0.114. The molecule has 0 saturated carbocycles. The fraction of sp³-hybridized carbons (Fsp3) is 0.316. The van der Waals surface area contributed by atoms with Crippen molar-refractivity contribution < 1.29 is 9.53 Å². The first kappa shape index (κ1) is 16.0. The molecule has 1 N–H and O–H groups in total. The largest absolute Gasteiger partial charge is 0.438 e. The number of fused-ring (bicyclic) bond motifs is 3. The van der Waals surface area contributed by atoms with Crippen LogP contribution >= 0.6 is 11.3 Å². The predicted molar refractivity (Wildman–Crippen MR) is 99.4 cm³/mol. The summed E-state index contributed by atoms with van der Waals surface area (Å²) in [5.41, 5.74) is 2.10. The fourth-order valence-corrected chi connectivity index (χ4v) is 4.59. The molecular formula is C19H19N3O2S. The molecule has 0 aliphatic heterocycles. The molecule has 0 fully saturated rings. The lowest BCUT2D eigenvalue weighted by atomic mass is 9.89. The highest BCUT2D eigenvalue weighted by atomic mass is 32.1. The maximum absolute atomic E-state index is 11.1. The van der Waals surface area contributed by atoms with E-state index in [0.29, 0.717) is 11.6 Å². The van der Waals surface area contributed by atoms with Crippen molar-refractivity contribution in [2.24, 2.45) is 5.92 Å². The molecule has 3 aromatic rings. The van der Waals surface area contributed by atoms with E-state index in [1.807, 2.05) is 24.3 Å². The topological polar surface area (TPSA) is 64.1 Å². The van der Waals surface area contributed by atoms with Crippen LogP contribution in [0, 0.1) is 5.92 Å². The molecule has 6 heteroatoms. The maximum Gasteiger partial charge on any atom is 0.231 e. The summed E-state index contributed by atoms with van der Waals surface area (Å²) in [5, 5.41) is 3.80. The molecule has 0 bridgehead atoms. The monoisotopic (exact) mass is 353 g/mol. The first-order valence-electron chi connectivity index (χ1n) is 8.41. The number of aryl methyl sites for hydroxylation is 1. The average Bonchev–Trinajstić information content (AvgIpc) is 2.94. The van der Waals surface area contributed by atoms with Crippen molar-refractivity contribution in [3.05, 3.63) is 41.0 Å². The van der Waals surface area contributed by atoms with E-state index in [4.69, 9.17) is 4.74 Å². The van der Waals surface area contributed by atoms with Crippen LogP contribution < -0.4 is 10.1 Å². The Bertz CT molecular complexity index is 934. The van der Waals surface area contributed by atoms with E-state index >= 15 is 0 Å². The molecule has 2 heterocycles. The van der Waals surface area contributed by atoms with Gasteiger partial charge in [0, 0.05) is 17.5 Å². The second-order valence-electron chi connectivity index (χ2n) is 6.52. The molecule has 1 aliphatic carbocycles. The molecule has 4 rings (SSSR count). The Morgan fingerprint density at radius 2 is 2.08 bits per heavy atom. The predicted octanol–water partition coefficient (Wildman–Crippen LogP) is 4.57. The fourth-order valence-electron chi connectivity index (χ4n) is 3.24. The molecule has 0 spiro atoms. The Balaban J connectivity index is 1.66. The van der Waals surface area contributed by atoms with Crippen molar-refractivity contribution in [2.75, 3.05) is 5.32 Å². The first-order chi connectivity index (χ1) is 12.1. The summed E-state index contributed by atoms with van der Waals surface area (Å²) in [6.07, 6.45) is 4.93. The van der Waals surface area contributed by atoms with Gasteiger partial charge in [-0.2, -0.15) is 0 Å². The highest BCUT2D eigenvalue weighted by molar-refractivity contribution is 7.18. The van der Waals surface area contributed by atoms with Crippen molar-refractivity contribution in [1.82, 2.24) is 9.97 Å². The smallest absolute Gasteiger partial charge is 0.231 e. The molecular weight excluding hydrogens is 334 g/mol. The third kappa shape index (κ3) is 3.22. The molecule has 2 aromatic heterocycles. The average molecular weight is 353 g/mol. The van der Waals surface area contributed by atoms with Crippen LogP contribution in [0.4, 0.5) is 5.69 Å². The number of rotatable bonds is 3. The zero-order valence-corrected chi connectivity index (χ0v) is 15.0. The highest BCUT2D eigenvalue weighted by Crippen LogP contribution is 2.41. The molecule has 5 nitrogen and oxygen atoms in total. The van der Waals surface area contributed by atoms with E-state index in [-0.39, 0.29) is 5.91 Å². The minimum absolute atomic E-state index is 0.0923. The number of carbonyl (C=O) groups is 1. The van der Waals surface area contributed by atoms with Gasteiger partial charge in [0.15, 0.2) is 0 Å². The molecule has 0 radical (unpaired) electrons. The first-order valence-corrected chi connectivity index (χ1v) is 9.22. The zero-order valence-electron chi connectivity index (χ0n) is 14.2. The molecule has 1 aliphatic rings. The van der Waals surface area contributed by atoms with Crippen LogP contribution in [0.5, 0.6) is 11.6 Å². The van der Waals surface area contributed by atoms with Crippen molar-refractivity contribution in [3.8, 4) is 11.6 Å². The van der Waals surface area contributed by atoms with Gasteiger partial charge in [0.1, 0.15) is 16.9 Å². The van der Waals surface area contributed by atoms with Gasteiger partial charge in [0.2, 0.25) is 11.8 Å². The second-order valence-corrected chi connectivity index (χ2v) is 7.60. The summed E-state index contributed by atoms with van der Waals surface area (Å²) < 4.78 is 6.05. The van der Waals surface area contributed by atoms with Gasteiger partial charge in [-0.05, 0) is 55.0 Å². The van der Waals surface area contributed by atoms with Crippen LogP contribution in [0.1, 0.15) is 30.7 Å². The SMILES string of the molecule is CC(=O)Nc1ccc(Oc2ncnc3sc4c(c23)CC[C@@H](C)C4)cc1. The minimum Gasteiger partial charge on any atom is -0.438 e. The third-order valence-corrected chi connectivity index (χ3v) is 5.61. The number of ether oxygens (including phenoxy) is 1. The number of hydrogen-bond acceptors (Lipinski definition) is 5. The van der Waals surface area contributed by atoms with Crippen molar-refractivity contribution in [2.45, 2.75) is 33.1 Å². The Morgan fingerprint density at radius 1 is 1.28 bits per heavy atom. The van der Waals surface area contributed by atoms with Crippen LogP contribution in [0.25, 0.3) is 10.2 Å². The quantitative estimate of drug-likeness (QED) is 0.749. The number of nitrogens with one attached hydrogen (secondary N) is 1. The number of benzene rings is 1. The number of amides is 1. The van der Waals surface area contributed by atoms with Crippen LogP contribution in [-0.4, -0.2) is 15.9 Å². The summed E-state index contributed by atoms with van der Waals surface area (Å²) >= 11 is 1.76. The van der Waals surface area contributed by atoms with Crippen molar-refractivity contribution in [1.29, 1.82) is 0 Å². The normalized spacial score (nSPS) is 16.5. The third-order valence-electron chi connectivity index (χ3n) is 4.45. The van der Waals surface area contributed by atoms with Gasteiger partial charge in [0.25, 0.3) is 0 Å². The van der Waals surface area contributed by atoms with Crippen LogP contribution in [0.15, 0.2) is 30.6 Å². The number of aromatic nitrogens is 2. The summed E-state index contributed by atoms with van der Waals surface area (Å²) in [5.74, 6) is 1.94. The number of anilines is 1. The van der Waals surface area contributed by atoms with Gasteiger partial charge in [0.05, 0.1) is 5.39 Å². The lowest BCUT2D eigenvalue weighted by Crippen LogP contribution is -2.08. The summed E-state index contributed by atoms with van der Waals surface area (Å²) in [4.78, 5) is 22.3.